The largest absolute Gasteiger partial charge is 0.366 e. The SMILES string of the molecule is CC(=O)C1(c2ccc(-c3ccc(-c4sc(Cl)cc4C(N)=O)cn3)cc2)CC1. The van der Waals surface area contributed by atoms with E-state index in [2.05, 4.69) is 4.98 Å². The molecule has 2 heterocycles. The molecule has 0 unspecified atom stereocenters. The summed E-state index contributed by atoms with van der Waals surface area (Å²) in [6.45, 7) is 1.67. The number of carbonyl (C=O) groups excluding carboxylic acids is 2. The van der Waals surface area contributed by atoms with E-state index < -0.39 is 5.91 Å². The van der Waals surface area contributed by atoms with Gasteiger partial charge in [-0.05, 0) is 43.5 Å². The van der Waals surface area contributed by atoms with Crippen LogP contribution in [0.3, 0.4) is 0 Å². The van der Waals surface area contributed by atoms with Crippen LogP contribution in [0.2, 0.25) is 4.34 Å². The molecule has 2 N–H and O–H groups in total. The van der Waals surface area contributed by atoms with Crippen LogP contribution in [0.4, 0.5) is 0 Å². The van der Waals surface area contributed by atoms with Gasteiger partial charge < -0.3 is 5.73 Å². The second-order valence-corrected chi connectivity index (χ2v) is 8.49. The van der Waals surface area contributed by atoms with Gasteiger partial charge in [-0.25, -0.2) is 0 Å². The maximum Gasteiger partial charge on any atom is 0.250 e. The Hall–Kier alpha value is -2.50. The monoisotopic (exact) mass is 396 g/mol. The average Bonchev–Trinajstić information content (AvgIpc) is 3.39. The Morgan fingerprint density at radius 1 is 1.11 bits per heavy atom. The molecule has 0 atom stereocenters. The summed E-state index contributed by atoms with van der Waals surface area (Å²) in [6, 6.07) is 13.4. The fraction of sp³-hybridized carbons (Fsp3) is 0.190. The molecule has 0 aliphatic heterocycles. The molecule has 136 valence electrons. The molecule has 2 aromatic heterocycles. The fourth-order valence-corrected chi connectivity index (χ4v) is 4.61. The number of aromatic nitrogens is 1. The summed E-state index contributed by atoms with van der Waals surface area (Å²) in [6.07, 6.45) is 3.58. The van der Waals surface area contributed by atoms with Gasteiger partial charge in [0.15, 0.2) is 0 Å². The van der Waals surface area contributed by atoms with E-state index in [0.717, 1.165) is 40.1 Å². The first-order chi connectivity index (χ1) is 12.9. The van der Waals surface area contributed by atoms with Crippen LogP contribution in [-0.2, 0) is 10.2 Å². The van der Waals surface area contributed by atoms with E-state index in [0.29, 0.717) is 9.90 Å². The van der Waals surface area contributed by atoms with E-state index in [4.69, 9.17) is 17.3 Å². The third-order valence-corrected chi connectivity index (χ3v) is 6.46. The van der Waals surface area contributed by atoms with Crippen molar-refractivity contribution in [2.75, 3.05) is 0 Å². The normalized spacial score (nSPS) is 14.7. The van der Waals surface area contributed by atoms with Crippen molar-refractivity contribution in [1.82, 2.24) is 4.98 Å². The van der Waals surface area contributed by atoms with E-state index in [-0.39, 0.29) is 11.2 Å². The van der Waals surface area contributed by atoms with Crippen LogP contribution >= 0.6 is 22.9 Å². The zero-order valence-electron chi connectivity index (χ0n) is 14.7. The van der Waals surface area contributed by atoms with Crippen LogP contribution in [0.25, 0.3) is 21.7 Å². The zero-order valence-corrected chi connectivity index (χ0v) is 16.2. The predicted molar refractivity (Wildman–Crippen MR) is 108 cm³/mol. The lowest BCUT2D eigenvalue weighted by atomic mass is 9.91. The number of thiophene rings is 1. The number of ketones is 1. The number of primary amides is 1. The van der Waals surface area contributed by atoms with Crippen LogP contribution in [0.1, 0.15) is 35.7 Å². The second kappa shape index (κ2) is 6.59. The standard InChI is InChI=1S/C21H17ClN2O2S/c1-12(25)21(8-9-21)15-5-2-13(3-6-15)17-7-4-14(11-24-17)19-16(20(23)26)10-18(22)27-19/h2-7,10-11H,8-9H2,1H3,(H2,23,26). The van der Waals surface area contributed by atoms with Crippen molar-refractivity contribution in [2.24, 2.45) is 5.73 Å². The minimum Gasteiger partial charge on any atom is -0.366 e. The van der Waals surface area contributed by atoms with Crippen LogP contribution < -0.4 is 5.73 Å². The molecular formula is C21H17ClN2O2S. The molecule has 1 aliphatic rings. The lowest BCUT2D eigenvalue weighted by Crippen LogP contribution is -2.16. The maximum absolute atomic E-state index is 11.9. The molecule has 1 aliphatic carbocycles. The Bertz CT molecular complexity index is 1040. The van der Waals surface area contributed by atoms with Gasteiger partial charge >= 0.3 is 0 Å². The number of halogens is 1. The van der Waals surface area contributed by atoms with Crippen molar-refractivity contribution in [3.8, 4) is 21.7 Å². The van der Waals surface area contributed by atoms with Crippen molar-refractivity contribution < 1.29 is 9.59 Å². The van der Waals surface area contributed by atoms with Gasteiger partial charge in [-0.15, -0.1) is 11.3 Å². The average molecular weight is 397 g/mol. The number of Topliss-reactive ketones (excluding diaryl/α,β-unsaturated/α-hetero) is 1. The van der Waals surface area contributed by atoms with Crippen LogP contribution in [-0.4, -0.2) is 16.7 Å². The van der Waals surface area contributed by atoms with Gasteiger partial charge in [-0.2, -0.15) is 0 Å². The molecule has 4 nitrogen and oxygen atoms in total. The zero-order chi connectivity index (χ0) is 19.2. The molecule has 0 saturated heterocycles. The molecule has 0 spiro atoms. The molecule has 0 radical (unpaired) electrons. The van der Waals surface area contributed by atoms with Crippen molar-refractivity contribution in [2.45, 2.75) is 25.2 Å². The number of nitrogens with two attached hydrogens (primary N) is 1. The Morgan fingerprint density at radius 3 is 2.30 bits per heavy atom. The summed E-state index contributed by atoms with van der Waals surface area (Å²) in [5.41, 5.74) is 9.24. The molecule has 1 saturated carbocycles. The highest BCUT2D eigenvalue weighted by Crippen LogP contribution is 2.49. The first-order valence-electron chi connectivity index (χ1n) is 8.58. The van der Waals surface area contributed by atoms with Gasteiger partial charge in [-0.1, -0.05) is 35.9 Å². The molecule has 3 aromatic rings. The summed E-state index contributed by atoms with van der Waals surface area (Å²) >= 11 is 7.34. The number of benzene rings is 1. The smallest absolute Gasteiger partial charge is 0.250 e. The minimum atomic E-state index is -0.507. The number of carbonyl (C=O) groups is 2. The first-order valence-corrected chi connectivity index (χ1v) is 9.78. The van der Waals surface area contributed by atoms with Crippen molar-refractivity contribution >= 4 is 34.6 Å². The highest BCUT2D eigenvalue weighted by molar-refractivity contribution is 7.19. The van der Waals surface area contributed by atoms with Gasteiger partial charge in [0.2, 0.25) is 5.91 Å². The lowest BCUT2D eigenvalue weighted by Gasteiger charge is -2.12. The lowest BCUT2D eigenvalue weighted by molar-refractivity contribution is -0.119. The summed E-state index contributed by atoms with van der Waals surface area (Å²) in [5.74, 6) is -0.273. The van der Waals surface area contributed by atoms with E-state index in [1.165, 1.54) is 11.3 Å². The number of nitrogens with zero attached hydrogens (tertiary/aromatic N) is 1. The predicted octanol–water partition coefficient (Wildman–Crippen LogP) is 4.85. The summed E-state index contributed by atoms with van der Waals surface area (Å²) in [7, 11) is 0. The fourth-order valence-electron chi connectivity index (χ4n) is 3.39. The van der Waals surface area contributed by atoms with E-state index in [1.807, 2.05) is 36.4 Å². The third kappa shape index (κ3) is 3.17. The topological polar surface area (TPSA) is 73.1 Å². The van der Waals surface area contributed by atoms with Crippen molar-refractivity contribution in [3.05, 3.63) is 64.1 Å². The quantitative estimate of drug-likeness (QED) is 0.669. The highest BCUT2D eigenvalue weighted by Gasteiger charge is 2.48. The maximum atomic E-state index is 11.9. The van der Waals surface area contributed by atoms with Gasteiger partial charge in [0.25, 0.3) is 0 Å². The minimum absolute atomic E-state index is 0.234. The highest BCUT2D eigenvalue weighted by atomic mass is 35.5. The molecular weight excluding hydrogens is 380 g/mol. The van der Waals surface area contributed by atoms with E-state index in [1.54, 1.807) is 19.2 Å². The summed E-state index contributed by atoms with van der Waals surface area (Å²) in [4.78, 5) is 28.7. The Labute approximate surface area is 166 Å². The van der Waals surface area contributed by atoms with Crippen molar-refractivity contribution in [1.29, 1.82) is 0 Å². The summed E-state index contributed by atoms with van der Waals surface area (Å²) in [5, 5.41) is 0. The third-order valence-electron chi connectivity index (χ3n) is 5.15. The number of pyridine rings is 1. The van der Waals surface area contributed by atoms with Crippen LogP contribution in [0.5, 0.6) is 0 Å². The Balaban J connectivity index is 1.62. The number of hydrogen-bond donors (Lipinski definition) is 1. The first kappa shape index (κ1) is 17.9. The van der Waals surface area contributed by atoms with Crippen LogP contribution in [0.15, 0.2) is 48.7 Å². The van der Waals surface area contributed by atoms with Crippen molar-refractivity contribution in [3.63, 3.8) is 0 Å². The Kier molecular flexibility index (Phi) is 4.36. The van der Waals surface area contributed by atoms with Crippen LogP contribution in [0, 0.1) is 0 Å². The molecule has 0 bridgehead atoms. The molecule has 6 heteroatoms. The van der Waals surface area contributed by atoms with Gasteiger partial charge in [0.05, 0.1) is 25.9 Å². The van der Waals surface area contributed by atoms with E-state index >= 15 is 0 Å². The summed E-state index contributed by atoms with van der Waals surface area (Å²) < 4.78 is 0.512. The second-order valence-electron chi connectivity index (χ2n) is 6.81. The number of hydrogen-bond acceptors (Lipinski definition) is 4. The van der Waals surface area contributed by atoms with E-state index in [9.17, 15) is 9.59 Å². The molecule has 1 aromatic carbocycles. The molecule has 1 fully saturated rings. The van der Waals surface area contributed by atoms with Gasteiger partial charge in [0.1, 0.15) is 5.78 Å². The molecule has 4 rings (SSSR count). The molecule has 27 heavy (non-hydrogen) atoms. The Morgan fingerprint density at radius 2 is 1.78 bits per heavy atom. The van der Waals surface area contributed by atoms with Gasteiger partial charge in [-0.3, -0.25) is 14.6 Å². The number of amides is 1. The molecule has 1 amide bonds. The number of rotatable bonds is 5. The van der Waals surface area contributed by atoms with Gasteiger partial charge in [0, 0.05) is 17.3 Å².